The molecule has 0 bridgehead atoms. The van der Waals surface area contributed by atoms with E-state index in [1.165, 1.54) is 11.8 Å². The Morgan fingerprint density at radius 1 is 1.20 bits per heavy atom. The highest BCUT2D eigenvalue weighted by Crippen LogP contribution is 2.04. The first-order chi connectivity index (χ1) is 9.79. The fourth-order valence-corrected chi connectivity index (χ4v) is 2.02. The highest BCUT2D eigenvalue weighted by molar-refractivity contribution is 5.78. The maximum absolute atomic E-state index is 12.2. The van der Waals surface area contributed by atoms with Gasteiger partial charge in [-0.25, -0.2) is 0 Å². The average Bonchev–Trinajstić information content (AvgIpc) is 2.97. The molecule has 0 saturated heterocycles. The van der Waals surface area contributed by atoms with Gasteiger partial charge in [0.2, 0.25) is 5.91 Å². The zero-order valence-electron chi connectivity index (χ0n) is 11.4. The molecule has 0 radical (unpaired) electrons. The summed E-state index contributed by atoms with van der Waals surface area (Å²) in [5, 5.41) is 3.76. The van der Waals surface area contributed by atoms with Crippen molar-refractivity contribution in [1.82, 2.24) is 10.1 Å². The zero-order valence-corrected chi connectivity index (χ0v) is 11.4. The van der Waals surface area contributed by atoms with Gasteiger partial charge in [-0.3, -0.25) is 4.79 Å². The molecule has 0 atom stereocenters. The van der Waals surface area contributed by atoms with Crippen molar-refractivity contribution in [2.45, 2.75) is 12.8 Å². The minimum Gasteiger partial charge on any atom is -0.364 e. The topological polar surface area (TPSA) is 72.4 Å². The number of rotatable bonds is 7. The predicted molar refractivity (Wildman–Crippen MR) is 76.0 cm³/mol. The van der Waals surface area contributed by atoms with Crippen molar-refractivity contribution in [3.8, 4) is 0 Å². The molecule has 106 valence electrons. The van der Waals surface area contributed by atoms with Crippen LogP contribution in [0, 0.1) is 0 Å². The molecule has 1 heterocycles. The third-order valence-electron chi connectivity index (χ3n) is 3.09. The standard InChI is InChI=1S/C15H19N3O2/c16-8-10-18(9-6-13-4-2-1-3-5-13)15(19)12-14-7-11-20-17-14/h1-5,7,11H,6,8-10,12,16H2. The molecule has 0 spiro atoms. The zero-order chi connectivity index (χ0) is 14.2. The molecule has 5 heteroatoms. The molecule has 5 nitrogen and oxygen atoms in total. The van der Waals surface area contributed by atoms with Crippen LogP contribution in [0.1, 0.15) is 11.3 Å². The van der Waals surface area contributed by atoms with Gasteiger partial charge in [0.25, 0.3) is 0 Å². The number of nitrogens with two attached hydrogens (primary N) is 1. The lowest BCUT2D eigenvalue weighted by Crippen LogP contribution is -2.37. The van der Waals surface area contributed by atoms with Crippen LogP contribution >= 0.6 is 0 Å². The first kappa shape index (κ1) is 14.3. The van der Waals surface area contributed by atoms with Crippen LogP contribution in [0.2, 0.25) is 0 Å². The summed E-state index contributed by atoms with van der Waals surface area (Å²) < 4.78 is 4.74. The van der Waals surface area contributed by atoms with Gasteiger partial charge < -0.3 is 15.2 Å². The fraction of sp³-hybridized carbons (Fsp3) is 0.333. The van der Waals surface area contributed by atoms with Crippen LogP contribution < -0.4 is 5.73 Å². The second kappa shape index (κ2) is 7.45. The molecule has 2 aromatic rings. The van der Waals surface area contributed by atoms with Crippen molar-refractivity contribution in [3.63, 3.8) is 0 Å². The minimum absolute atomic E-state index is 0.0280. The first-order valence-electron chi connectivity index (χ1n) is 6.70. The molecule has 0 unspecified atom stereocenters. The number of carbonyl (C=O) groups excluding carboxylic acids is 1. The summed E-state index contributed by atoms with van der Waals surface area (Å²) in [6.45, 7) is 1.68. The minimum atomic E-state index is 0.0280. The third-order valence-corrected chi connectivity index (χ3v) is 3.09. The summed E-state index contributed by atoms with van der Waals surface area (Å²) in [4.78, 5) is 14.0. The van der Waals surface area contributed by atoms with Crippen molar-refractivity contribution in [2.75, 3.05) is 19.6 Å². The smallest absolute Gasteiger partial charge is 0.228 e. The Morgan fingerprint density at radius 2 is 2.00 bits per heavy atom. The van der Waals surface area contributed by atoms with Gasteiger partial charge in [-0.2, -0.15) is 0 Å². The van der Waals surface area contributed by atoms with Gasteiger partial charge in [-0.15, -0.1) is 0 Å². The second-order valence-corrected chi connectivity index (χ2v) is 4.57. The lowest BCUT2D eigenvalue weighted by atomic mass is 10.1. The normalized spacial score (nSPS) is 10.4. The molecule has 1 amide bonds. The summed E-state index contributed by atoms with van der Waals surface area (Å²) in [6, 6.07) is 11.8. The molecule has 0 fully saturated rings. The quantitative estimate of drug-likeness (QED) is 0.824. The number of nitrogens with zero attached hydrogens (tertiary/aromatic N) is 2. The van der Waals surface area contributed by atoms with Crippen LogP contribution in [0.5, 0.6) is 0 Å². The van der Waals surface area contributed by atoms with Crippen LogP contribution in [-0.4, -0.2) is 35.6 Å². The van der Waals surface area contributed by atoms with Crippen molar-refractivity contribution in [2.24, 2.45) is 5.73 Å². The van der Waals surface area contributed by atoms with E-state index in [4.69, 9.17) is 10.3 Å². The molecular weight excluding hydrogens is 254 g/mol. The lowest BCUT2D eigenvalue weighted by molar-refractivity contribution is -0.130. The van der Waals surface area contributed by atoms with Gasteiger partial charge in [0, 0.05) is 25.7 Å². The Balaban J connectivity index is 1.90. The van der Waals surface area contributed by atoms with E-state index in [1.807, 2.05) is 18.2 Å². The summed E-state index contributed by atoms with van der Waals surface area (Å²) >= 11 is 0. The number of aromatic nitrogens is 1. The Hall–Kier alpha value is -2.14. The molecule has 0 aliphatic heterocycles. The summed E-state index contributed by atoms with van der Waals surface area (Å²) in [5.74, 6) is 0.0280. The Morgan fingerprint density at radius 3 is 2.65 bits per heavy atom. The number of carbonyl (C=O) groups is 1. The third kappa shape index (κ3) is 4.20. The van der Waals surface area contributed by atoms with E-state index in [-0.39, 0.29) is 12.3 Å². The molecule has 20 heavy (non-hydrogen) atoms. The van der Waals surface area contributed by atoms with Gasteiger partial charge in [-0.1, -0.05) is 35.5 Å². The average molecular weight is 273 g/mol. The van der Waals surface area contributed by atoms with Gasteiger partial charge in [0.05, 0.1) is 12.1 Å². The Kier molecular flexibility index (Phi) is 5.32. The van der Waals surface area contributed by atoms with Crippen LogP contribution in [-0.2, 0) is 17.6 Å². The second-order valence-electron chi connectivity index (χ2n) is 4.57. The van der Waals surface area contributed by atoms with Gasteiger partial charge in [0.1, 0.15) is 6.26 Å². The van der Waals surface area contributed by atoms with E-state index in [1.54, 1.807) is 11.0 Å². The van der Waals surface area contributed by atoms with Gasteiger partial charge in [-0.05, 0) is 12.0 Å². The fourth-order valence-electron chi connectivity index (χ4n) is 2.02. The number of benzene rings is 1. The largest absolute Gasteiger partial charge is 0.364 e. The van der Waals surface area contributed by atoms with Crippen LogP contribution in [0.3, 0.4) is 0 Å². The van der Waals surface area contributed by atoms with E-state index in [2.05, 4.69) is 17.3 Å². The monoisotopic (exact) mass is 273 g/mol. The highest BCUT2D eigenvalue weighted by atomic mass is 16.5. The molecule has 2 N–H and O–H groups in total. The van der Waals surface area contributed by atoms with E-state index < -0.39 is 0 Å². The molecule has 2 rings (SSSR count). The Labute approximate surface area is 118 Å². The molecule has 0 aliphatic rings. The predicted octanol–water partition coefficient (Wildman–Crippen LogP) is 1.25. The first-order valence-corrected chi connectivity index (χ1v) is 6.70. The molecular formula is C15H19N3O2. The molecule has 1 aromatic carbocycles. The summed E-state index contributed by atoms with van der Waals surface area (Å²) in [5.41, 5.74) is 7.44. The maximum Gasteiger partial charge on any atom is 0.228 e. The van der Waals surface area contributed by atoms with Gasteiger partial charge in [0.15, 0.2) is 0 Å². The van der Waals surface area contributed by atoms with Crippen LogP contribution in [0.15, 0.2) is 47.2 Å². The van der Waals surface area contributed by atoms with Crippen molar-refractivity contribution >= 4 is 5.91 Å². The van der Waals surface area contributed by atoms with Gasteiger partial charge >= 0.3 is 0 Å². The molecule has 0 aliphatic carbocycles. The lowest BCUT2D eigenvalue weighted by Gasteiger charge is -2.21. The van der Waals surface area contributed by atoms with Crippen molar-refractivity contribution in [1.29, 1.82) is 0 Å². The Bertz CT molecular complexity index is 511. The van der Waals surface area contributed by atoms with Crippen LogP contribution in [0.25, 0.3) is 0 Å². The molecule has 0 saturated carbocycles. The van der Waals surface area contributed by atoms with E-state index in [9.17, 15) is 4.79 Å². The summed E-state index contributed by atoms with van der Waals surface area (Å²) in [6.07, 6.45) is 2.55. The van der Waals surface area contributed by atoms with Crippen molar-refractivity contribution < 1.29 is 9.32 Å². The SMILES string of the molecule is NCCN(CCc1ccccc1)C(=O)Cc1ccon1. The summed E-state index contributed by atoms with van der Waals surface area (Å²) in [7, 11) is 0. The van der Waals surface area contributed by atoms with Crippen LogP contribution in [0.4, 0.5) is 0 Å². The van der Waals surface area contributed by atoms with E-state index in [0.29, 0.717) is 25.3 Å². The highest BCUT2D eigenvalue weighted by Gasteiger charge is 2.14. The maximum atomic E-state index is 12.2. The number of hydrogen-bond donors (Lipinski definition) is 1. The van der Waals surface area contributed by atoms with E-state index in [0.717, 1.165) is 6.42 Å². The number of amides is 1. The van der Waals surface area contributed by atoms with E-state index >= 15 is 0 Å². The number of hydrogen-bond acceptors (Lipinski definition) is 4. The molecule has 1 aromatic heterocycles. The van der Waals surface area contributed by atoms with Crippen molar-refractivity contribution in [3.05, 3.63) is 53.9 Å².